The third-order valence-electron chi connectivity index (χ3n) is 4.25. The van der Waals surface area contributed by atoms with Gasteiger partial charge in [0.2, 0.25) is 0 Å². The Bertz CT molecular complexity index is 789. The van der Waals surface area contributed by atoms with Gasteiger partial charge in [-0.3, -0.25) is 4.79 Å². The quantitative estimate of drug-likeness (QED) is 0.563. The van der Waals surface area contributed by atoms with Gasteiger partial charge in [-0.1, -0.05) is 55.5 Å². The molecule has 0 heterocycles. The van der Waals surface area contributed by atoms with E-state index in [1.165, 1.54) is 19.1 Å². The molecule has 27 heavy (non-hydrogen) atoms. The molecule has 0 bridgehead atoms. The Hall–Kier alpha value is -2.95. The first-order chi connectivity index (χ1) is 13.0. The molecule has 5 heteroatoms. The van der Waals surface area contributed by atoms with Gasteiger partial charge in [0.05, 0.1) is 0 Å². The molecule has 1 amide bonds. The van der Waals surface area contributed by atoms with Crippen molar-refractivity contribution >= 4 is 18.0 Å². The number of rotatable bonds is 8. The molecule has 142 valence electrons. The van der Waals surface area contributed by atoms with Gasteiger partial charge in [0.1, 0.15) is 5.82 Å². The molecule has 0 aliphatic rings. The lowest BCUT2D eigenvalue weighted by Gasteiger charge is -2.18. The van der Waals surface area contributed by atoms with Crippen LogP contribution in [0, 0.1) is 5.82 Å². The SMILES string of the molecule is CC[C@H](CNC(=O)[C@H](C)OC(=O)/C=C/c1ccccc1F)c1ccccc1. The molecule has 0 radical (unpaired) electrons. The minimum Gasteiger partial charge on any atom is -0.449 e. The molecule has 0 aliphatic carbocycles. The molecule has 0 saturated heterocycles. The molecule has 2 atom stereocenters. The predicted octanol–water partition coefficient (Wildman–Crippen LogP) is 4.08. The van der Waals surface area contributed by atoms with Crippen LogP contribution in [0.3, 0.4) is 0 Å². The fourth-order valence-corrected chi connectivity index (χ4v) is 2.63. The van der Waals surface area contributed by atoms with Gasteiger partial charge >= 0.3 is 5.97 Å². The van der Waals surface area contributed by atoms with E-state index in [0.29, 0.717) is 6.54 Å². The lowest BCUT2D eigenvalue weighted by Crippen LogP contribution is -2.37. The molecular formula is C22H24FNO3. The third-order valence-corrected chi connectivity index (χ3v) is 4.25. The number of nitrogens with one attached hydrogen (secondary N) is 1. The van der Waals surface area contributed by atoms with Crippen LogP contribution in [-0.2, 0) is 14.3 Å². The van der Waals surface area contributed by atoms with E-state index in [-0.39, 0.29) is 17.4 Å². The molecule has 0 unspecified atom stereocenters. The van der Waals surface area contributed by atoms with Crippen molar-refractivity contribution in [2.75, 3.05) is 6.54 Å². The van der Waals surface area contributed by atoms with Crippen LogP contribution < -0.4 is 5.32 Å². The van der Waals surface area contributed by atoms with Gasteiger partial charge in [-0.2, -0.15) is 0 Å². The summed E-state index contributed by atoms with van der Waals surface area (Å²) < 4.78 is 18.6. The van der Waals surface area contributed by atoms with Gasteiger partial charge in [-0.25, -0.2) is 9.18 Å². The fourth-order valence-electron chi connectivity index (χ4n) is 2.63. The summed E-state index contributed by atoms with van der Waals surface area (Å²) in [5.41, 5.74) is 1.43. The first-order valence-electron chi connectivity index (χ1n) is 8.97. The average Bonchev–Trinajstić information content (AvgIpc) is 2.68. The van der Waals surface area contributed by atoms with Gasteiger partial charge in [-0.15, -0.1) is 0 Å². The zero-order valence-corrected chi connectivity index (χ0v) is 15.5. The summed E-state index contributed by atoms with van der Waals surface area (Å²) in [5.74, 6) is -1.30. The molecule has 0 aliphatic heterocycles. The van der Waals surface area contributed by atoms with Crippen LogP contribution in [0.5, 0.6) is 0 Å². The number of hydrogen-bond acceptors (Lipinski definition) is 3. The second-order valence-corrected chi connectivity index (χ2v) is 6.19. The van der Waals surface area contributed by atoms with Gasteiger partial charge in [0.25, 0.3) is 5.91 Å². The zero-order chi connectivity index (χ0) is 19.6. The van der Waals surface area contributed by atoms with Gasteiger partial charge in [0, 0.05) is 24.1 Å². The van der Waals surface area contributed by atoms with Crippen LogP contribution in [0.1, 0.15) is 37.3 Å². The number of ether oxygens (including phenoxy) is 1. The lowest BCUT2D eigenvalue weighted by molar-refractivity contribution is -0.150. The molecular weight excluding hydrogens is 345 g/mol. The van der Waals surface area contributed by atoms with Crippen molar-refractivity contribution in [2.45, 2.75) is 32.3 Å². The molecule has 2 aromatic carbocycles. The Kier molecular flexibility index (Phi) is 7.74. The van der Waals surface area contributed by atoms with Crippen molar-refractivity contribution in [1.29, 1.82) is 0 Å². The number of halogens is 1. The molecule has 4 nitrogen and oxygen atoms in total. The van der Waals surface area contributed by atoms with E-state index in [2.05, 4.69) is 12.2 Å². The Balaban J connectivity index is 1.84. The van der Waals surface area contributed by atoms with Crippen molar-refractivity contribution in [3.05, 3.63) is 77.6 Å². The summed E-state index contributed by atoms with van der Waals surface area (Å²) in [6, 6.07) is 16.0. The second-order valence-electron chi connectivity index (χ2n) is 6.19. The Morgan fingerprint density at radius 1 is 1.11 bits per heavy atom. The summed E-state index contributed by atoms with van der Waals surface area (Å²) in [4.78, 5) is 24.0. The first kappa shape index (κ1) is 20.4. The first-order valence-corrected chi connectivity index (χ1v) is 8.97. The topological polar surface area (TPSA) is 55.4 Å². The highest BCUT2D eigenvalue weighted by atomic mass is 19.1. The monoisotopic (exact) mass is 369 g/mol. The smallest absolute Gasteiger partial charge is 0.331 e. The van der Waals surface area contributed by atoms with E-state index in [4.69, 9.17) is 4.74 Å². The second kappa shape index (κ2) is 10.3. The minimum atomic E-state index is -0.934. The van der Waals surface area contributed by atoms with Crippen molar-refractivity contribution in [1.82, 2.24) is 5.32 Å². The Labute approximate surface area is 159 Å². The predicted molar refractivity (Wildman–Crippen MR) is 103 cm³/mol. The van der Waals surface area contributed by atoms with Crippen LogP contribution in [0.2, 0.25) is 0 Å². The van der Waals surface area contributed by atoms with Crippen LogP contribution in [-0.4, -0.2) is 24.5 Å². The maximum Gasteiger partial charge on any atom is 0.331 e. The van der Waals surface area contributed by atoms with Crippen LogP contribution in [0.15, 0.2) is 60.7 Å². The zero-order valence-electron chi connectivity index (χ0n) is 15.5. The summed E-state index contributed by atoms with van der Waals surface area (Å²) in [5, 5.41) is 2.82. The molecule has 2 aromatic rings. The standard InChI is InChI=1S/C22H24FNO3/c1-3-17(18-9-5-4-6-10-18)15-24-22(26)16(2)27-21(25)14-13-19-11-7-8-12-20(19)23/h4-14,16-17H,3,15H2,1-2H3,(H,24,26)/b14-13+/t16-,17+/m0/s1. The summed E-state index contributed by atoms with van der Waals surface area (Å²) in [7, 11) is 0. The maximum atomic E-state index is 13.5. The van der Waals surface area contributed by atoms with Crippen LogP contribution >= 0.6 is 0 Å². The van der Waals surface area contributed by atoms with E-state index < -0.39 is 17.9 Å². The Morgan fingerprint density at radius 3 is 2.44 bits per heavy atom. The van der Waals surface area contributed by atoms with Crippen LogP contribution in [0.4, 0.5) is 4.39 Å². The van der Waals surface area contributed by atoms with E-state index in [1.807, 2.05) is 30.3 Å². The Morgan fingerprint density at radius 2 is 1.78 bits per heavy atom. The van der Waals surface area contributed by atoms with E-state index in [1.54, 1.807) is 18.2 Å². The maximum absolute atomic E-state index is 13.5. The van der Waals surface area contributed by atoms with Gasteiger partial charge < -0.3 is 10.1 Å². The molecule has 0 spiro atoms. The molecule has 1 N–H and O–H groups in total. The van der Waals surface area contributed by atoms with E-state index >= 15 is 0 Å². The molecule has 0 saturated carbocycles. The number of hydrogen-bond donors (Lipinski definition) is 1. The van der Waals surface area contributed by atoms with Crippen molar-refractivity contribution < 1.29 is 18.7 Å². The number of benzene rings is 2. The van der Waals surface area contributed by atoms with Crippen LogP contribution in [0.25, 0.3) is 6.08 Å². The molecule has 0 fully saturated rings. The fraction of sp³-hybridized carbons (Fsp3) is 0.273. The molecule has 2 rings (SSSR count). The van der Waals surface area contributed by atoms with Crippen molar-refractivity contribution in [3.63, 3.8) is 0 Å². The highest BCUT2D eigenvalue weighted by Crippen LogP contribution is 2.18. The molecule has 0 aromatic heterocycles. The minimum absolute atomic E-state index is 0.194. The number of amides is 1. The van der Waals surface area contributed by atoms with Gasteiger partial charge in [-0.05, 0) is 31.1 Å². The summed E-state index contributed by atoms with van der Waals surface area (Å²) in [6.07, 6.45) is 2.38. The third kappa shape index (κ3) is 6.37. The summed E-state index contributed by atoms with van der Waals surface area (Å²) in [6.45, 7) is 4.03. The average molecular weight is 369 g/mol. The van der Waals surface area contributed by atoms with Crippen molar-refractivity contribution in [3.8, 4) is 0 Å². The largest absolute Gasteiger partial charge is 0.449 e. The van der Waals surface area contributed by atoms with Crippen molar-refractivity contribution in [2.24, 2.45) is 0 Å². The van der Waals surface area contributed by atoms with Gasteiger partial charge in [0.15, 0.2) is 6.10 Å². The number of esters is 1. The highest BCUT2D eigenvalue weighted by Gasteiger charge is 2.18. The normalized spacial score (nSPS) is 13.1. The lowest BCUT2D eigenvalue weighted by atomic mass is 9.96. The summed E-state index contributed by atoms with van der Waals surface area (Å²) >= 11 is 0. The van der Waals surface area contributed by atoms with E-state index in [9.17, 15) is 14.0 Å². The number of carbonyl (C=O) groups excluding carboxylic acids is 2. The number of carbonyl (C=O) groups is 2. The van der Waals surface area contributed by atoms with E-state index in [0.717, 1.165) is 18.1 Å². The highest BCUT2D eigenvalue weighted by molar-refractivity contribution is 5.90.